The maximum Gasteiger partial charge on any atom is 0.151 e. The van der Waals surface area contributed by atoms with Crippen molar-refractivity contribution in [3.05, 3.63) is 35.5 Å². The minimum absolute atomic E-state index is 0.574. The van der Waals surface area contributed by atoms with Crippen LogP contribution in [-0.2, 0) is 19.4 Å². The molecular formula is C18H24N6. The third kappa shape index (κ3) is 2.49. The van der Waals surface area contributed by atoms with Gasteiger partial charge in [-0.3, -0.25) is 4.90 Å². The second-order valence-electron chi connectivity index (χ2n) is 7.48. The van der Waals surface area contributed by atoms with Crippen LogP contribution >= 0.6 is 0 Å². The fourth-order valence-corrected chi connectivity index (χ4v) is 3.90. The molecule has 2 aliphatic carbocycles. The number of aryl methyl sites for hydroxylation is 2. The lowest BCUT2D eigenvalue weighted by molar-refractivity contribution is 0.190. The largest absolute Gasteiger partial charge is 0.352 e. The lowest BCUT2D eigenvalue weighted by Crippen LogP contribution is -2.58. The van der Waals surface area contributed by atoms with Crippen LogP contribution in [0.25, 0.3) is 0 Å². The highest BCUT2D eigenvalue weighted by atomic mass is 15.4. The maximum atomic E-state index is 4.56. The molecule has 0 atom stereocenters. The van der Waals surface area contributed by atoms with Crippen LogP contribution in [0, 0.1) is 0 Å². The van der Waals surface area contributed by atoms with Crippen molar-refractivity contribution >= 4 is 5.82 Å². The SMILES string of the molecule is CN(Cc1nccn1C1CC1)C1CN(c2cc3c(nn2)CCC3)C1. The number of aromatic nitrogens is 4. The van der Waals surface area contributed by atoms with Gasteiger partial charge in [-0.2, -0.15) is 5.10 Å². The summed E-state index contributed by atoms with van der Waals surface area (Å²) in [6, 6.07) is 3.53. The molecule has 0 bridgehead atoms. The van der Waals surface area contributed by atoms with Gasteiger partial charge in [0.05, 0.1) is 12.2 Å². The summed E-state index contributed by atoms with van der Waals surface area (Å²) in [5, 5.41) is 8.84. The highest BCUT2D eigenvalue weighted by Gasteiger charge is 2.33. The molecule has 24 heavy (non-hydrogen) atoms. The van der Waals surface area contributed by atoms with Gasteiger partial charge in [0.2, 0.25) is 0 Å². The average Bonchev–Trinajstić information content (AvgIpc) is 3.09. The molecule has 1 aliphatic heterocycles. The molecule has 3 aliphatic rings. The molecule has 1 saturated heterocycles. The van der Waals surface area contributed by atoms with Crippen LogP contribution in [0.4, 0.5) is 5.82 Å². The Hall–Kier alpha value is -1.95. The molecule has 2 aromatic heterocycles. The van der Waals surface area contributed by atoms with E-state index in [0.29, 0.717) is 12.1 Å². The van der Waals surface area contributed by atoms with E-state index in [-0.39, 0.29) is 0 Å². The first-order valence-electron chi connectivity index (χ1n) is 9.10. The molecule has 6 nitrogen and oxygen atoms in total. The highest BCUT2D eigenvalue weighted by Crippen LogP contribution is 2.36. The molecule has 126 valence electrons. The summed E-state index contributed by atoms with van der Waals surface area (Å²) >= 11 is 0. The van der Waals surface area contributed by atoms with Gasteiger partial charge in [-0.15, -0.1) is 5.10 Å². The normalized spacial score (nSPS) is 20.5. The van der Waals surface area contributed by atoms with Crippen LogP contribution in [0.3, 0.4) is 0 Å². The van der Waals surface area contributed by atoms with Gasteiger partial charge >= 0.3 is 0 Å². The average molecular weight is 324 g/mol. The fraction of sp³-hybridized carbons (Fsp3) is 0.611. The van der Waals surface area contributed by atoms with Crippen molar-refractivity contribution in [1.82, 2.24) is 24.6 Å². The van der Waals surface area contributed by atoms with E-state index in [1.165, 1.54) is 42.8 Å². The van der Waals surface area contributed by atoms with Crippen molar-refractivity contribution in [3.63, 3.8) is 0 Å². The second-order valence-corrected chi connectivity index (χ2v) is 7.48. The minimum atomic E-state index is 0.574. The van der Waals surface area contributed by atoms with Crippen LogP contribution in [0.1, 0.15) is 42.4 Å². The molecule has 6 heteroatoms. The maximum absolute atomic E-state index is 4.56. The zero-order valence-electron chi connectivity index (χ0n) is 14.2. The summed E-state index contributed by atoms with van der Waals surface area (Å²) in [6.07, 6.45) is 10.2. The lowest BCUT2D eigenvalue weighted by Gasteiger charge is -2.44. The Balaban J connectivity index is 1.20. The first-order chi connectivity index (χ1) is 11.8. The zero-order valence-corrected chi connectivity index (χ0v) is 14.2. The van der Waals surface area contributed by atoms with Gasteiger partial charge in [-0.25, -0.2) is 4.98 Å². The molecule has 0 amide bonds. The Morgan fingerprint density at radius 1 is 1.21 bits per heavy atom. The number of fused-ring (bicyclic) bond motifs is 1. The molecule has 0 unspecified atom stereocenters. The number of rotatable bonds is 5. The van der Waals surface area contributed by atoms with E-state index in [1.807, 2.05) is 6.20 Å². The van der Waals surface area contributed by atoms with Crippen molar-refractivity contribution < 1.29 is 0 Å². The summed E-state index contributed by atoms with van der Waals surface area (Å²) in [6.45, 7) is 3.00. The van der Waals surface area contributed by atoms with Gasteiger partial charge in [0.1, 0.15) is 5.82 Å². The van der Waals surface area contributed by atoms with Crippen LogP contribution < -0.4 is 4.90 Å². The number of hydrogen-bond donors (Lipinski definition) is 0. The van der Waals surface area contributed by atoms with Crippen molar-refractivity contribution in [1.29, 1.82) is 0 Å². The molecular weight excluding hydrogens is 300 g/mol. The van der Waals surface area contributed by atoms with Gasteiger partial charge in [0.15, 0.2) is 5.82 Å². The third-order valence-electron chi connectivity index (χ3n) is 5.70. The van der Waals surface area contributed by atoms with E-state index in [4.69, 9.17) is 0 Å². The van der Waals surface area contributed by atoms with E-state index >= 15 is 0 Å². The van der Waals surface area contributed by atoms with E-state index in [1.54, 1.807) is 0 Å². The summed E-state index contributed by atoms with van der Waals surface area (Å²) in [5.41, 5.74) is 2.61. The Labute approximate surface area is 142 Å². The minimum Gasteiger partial charge on any atom is -0.352 e. The van der Waals surface area contributed by atoms with Crippen LogP contribution in [0.5, 0.6) is 0 Å². The Bertz CT molecular complexity index is 744. The molecule has 0 radical (unpaired) electrons. The Morgan fingerprint density at radius 2 is 2.08 bits per heavy atom. The fourth-order valence-electron chi connectivity index (χ4n) is 3.90. The lowest BCUT2D eigenvalue weighted by atomic mass is 10.1. The van der Waals surface area contributed by atoms with Gasteiger partial charge in [-0.1, -0.05) is 0 Å². The van der Waals surface area contributed by atoms with E-state index in [9.17, 15) is 0 Å². The van der Waals surface area contributed by atoms with Crippen molar-refractivity contribution in [3.8, 4) is 0 Å². The zero-order chi connectivity index (χ0) is 16.1. The third-order valence-corrected chi connectivity index (χ3v) is 5.70. The summed E-state index contributed by atoms with van der Waals surface area (Å²) < 4.78 is 2.36. The van der Waals surface area contributed by atoms with Gasteiger partial charge in [-0.05, 0) is 50.8 Å². The number of imidazole rings is 1. The van der Waals surface area contributed by atoms with E-state index in [2.05, 4.69) is 48.9 Å². The number of anilines is 1. The first-order valence-corrected chi connectivity index (χ1v) is 9.10. The van der Waals surface area contributed by atoms with Crippen molar-refractivity contribution in [2.45, 2.75) is 50.7 Å². The Morgan fingerprint density at radius 3 is 2.92 bits per heavy atom. The molecule has 0 spiro atoms. The summed E-state index contributed by atoms with van der Waals surface area (Å²) in [4.78, 5) is 9.34. The van der Waals surface area contributed by atoms with E-state index < -0.39 is 0 Å². The monoisotopic (exact) mass is 324 g/mol. The quantitative estimate of drug-likeness (QED) is 0.840. The predicted molar refractivity (Wildman–Crippen MR) is 92.0 cm³/mol. The number of likely N-dealkylation sites (N-methyl/N-ethyl adjacent to an activating group) is 1. The standard InChI is InChI=1S/C18H24N6/c1-22(12-18-19-7-8-24(18)14-5-6-14)15-10-23(11-15)17-9-13-3-2-4-16(13)20-21-17/h7-9,14-15H,2-6,10-12H2,1H3. The first kappa shape index (κ1) is 14.4. The van der Waals surface area contributed by atoms with Gasteiger partial charge < -0.3 is 9.47 Å². The smallest absolute Gasteiger partial charge is 0.151 e. The molecule has 2 aromatic rings. The molecule has 2 fully saturated rings. The Kier molecular flexibility index (Phi) is 3.33. The van der Waals surface area contributed by atoms with Gasteiger partial charge in [0, 0.05) is 37.6 Å². The molecule has 1 saturated carbocycles. The van der Waals surface area contributed by atoms with Gasteiger partial charge in [0.25, 0.3) is 0 Å². The van der Waals surface area contributed by atoms with Crippen LogP contribution in [0.15, 0.2) is 18.5 Å². The highest BCUT2D eigenvalue weighted by molar-refractivity contribution is 5.45. The predicted octanol–water partition coefficient (Wildman–Crippen LogP) is 1.82. The number of hydrogen-bond acceptors (Lipinski definition) is 5. The van der Waals surface area contributed by atoms with Crippen molar-refractivity contribution in [2.75, 3.05) is 25.0 Å². The van der Waals surface area contributed by atoms with Crippen LogP contribution in [-0.4, -0.2) is 50.8 Å². The van der Waals surface area contributed by atoms with Crippen LogP contribution in [0.2, 0.25) is 0 Å². The summed E-state index contributed by atoms with van der Waals surface area (Å²) in [5.74, 6) is 2.26. The molecule has 5 rings (SSSR count). The number of nitrogens with zero attached hydrogens (tertiary/aromatic N) is 6. The molecule has 3 heterocycles. The van der Waals surface area contributed by atoms with Crippen molar-refractivity contribution in [2.24, 2.45) is 0 Å². The second kappa shape index (κ2) is 5.55. The molecule has 0 aromatic carbocycles. The molecule has 0 N–H and O–H groups in total. The summed E-state index contributed by atoms with van der Waals surface area (Å²) in [7, 11) is 2.21. The topological polar surface area (TPSA) is 50.1 Å². The van der Waals surface area contributed by atoms with E-state index in [0.717, 1.165) is 31.9 Å².